The van der Waals surface area contributed by atoms with Crippen molar-refractivity contribution in [2.75, 3.05) is 4.72 Å². The average Bonchev–Trinajstić information content (AvgIpc) is 2.41. The van der Waals surface area contributed by atoms with Crippen LogP contribution in [0.4, 0.5) is 15.8 Å². The van der Waals surface area contributed by atoms with Crippen molar-refractivity contribution in [1.82, 2.24) is 4.98 Å². The van der Waals surface area contributed by atoms with Crippen LogP contribution >= 0.6 is 15.9 Å². The molecule has 7 nitrogen and oxygen atoms in total. The maximum absolute atomic E-state index is 13.6. The van der Waals surface area contributed by atoms with Crippen LogP contribution in [0.15, 0.2) is 46.0 Å². The Morgan fingerprint density at radius 2 is 2.00 bits per heavy atom. The average molecular weight is 376 g/mol. The van der Waals surface area contributed by atoms with Crippen LogP contribution in [-0.2, 0) is 10.0 Å². The molecule has 2 rings (SSSR count). The Bertz CT molecular complexity index is 813. The van der Waals surface area contributed by atoms with Gasteiger partial charge in [0.15, 0.2) is 0 Å². The summed E-state index contributed by atoms with van der Waals surface area (Å²) in [7, 11) is -4.11. The van der Waals surface area contributed by atoms with E-state index in [1.165, 1.54) is 12.3 Å². The SMILES string of the molecule is O=[N+]([O-])c1ccc(F)c(NS(=O)(=O)c2cncc(Br)c2)c1. The van der Waals surface area contributed by atoms with Gasteiger partial charge < -0.3 is 0 Å². The second-order valence-corrected chi connectivity index (χ2v) is 6.46. The zero-order chi connectivity index (χ0) is 15.6. The summed E-state index contributed by atoms with van der Waals surface area (Å²) >= 11 is 3.07. The number of hydrogen-bond acceptors (Lipinski definition) is 5. The zero-order valence-corrected chi connectivity index (χ0v) is 12.6. The van der Waals surface area contributed by atoms with Crippen LogP contribution in [-0.4, -0.2) is 18.3 Å². The Balaban J connectivity index is 2.41. The van der Waals surface area contributed by atoms with Gasteiger partial charge in [0.05, 0.1) is 10.6 Å². The van der Waals surface area contributed by atoms with E-state index in [1.807, 2.05) is 4.72 Å². The number of rotatable bonds is 4. The Morgan fingerprint density at radius 1 is 1.29 bits per heavy atom. The molecule has 0 spiro atoms. The molecule has 0 fully saturated rings. The van der Waals surface area contributed by atoms with Crippen LogP contribution in [0.25, 0.3) is 0 Å². The largest absolute Gasteiger partial charge is 0.276 e. The fourth-order valence-electron chi connectivity index (χ4n) is 1.45. The molecule has 0 aliphatic rings. The molecule has 1 aromatic carbocycles. The van der Waals surface area contributed by atoms with Gasteiger partial charge in [-0.05, 0) is 28.1 Å². The van der Waals surface area contributed by atoms with Crippen LogP contribution in [0.1, 0.15) is 0 Å². The third-order valence-electron chi connectivity index (χ3n) is 2.40. The first kappa shape index (κ1) is 15.3. The van der Waals surface area contributed by atoms with Crippen molar-refractivity contribution in [3.8, 4) is 0 Å². The molecule has 1 aromatic heterocycles. The molecule has 10 heteroatoms. The summed E-state index contributed by atoms with van der Waals surface area (Å²) in [6.07, 6.45) is 2.45. The molecule has 1 heterocycles. The number of sulfonamides is 1. The Morgan fingerprint density at radius 3 is 2.62 bits per heavy atom. The highest BCUT2D eigenvalue weighted by atomic mass is 79.9. The number of nitrogens with zero attached hydrogens (tertiary/aromatic N) is 2. The fourth-order valence-corrected chi connectivity index (χ4v) is 3.01. The van der Waals surface area contributed by atoms with Gasteiger partial charge >= 0.3 is 0 Å². The van der Waals surface area contributed by atoms with Crippen LogP contribution in [0.5, 0.6) is 0 Å². The van der Waals surface area contributed by atoms with E-state index in [9.17, 15) is 22.9 Å². The monoisotopic (exact) mass is 375 g/mol. The lowest BCUT2D eigenvalue weighted by Gasteiger charge is -2.08. The van der Waals surface area contributed by atoms with Crippen molar-refractivity contribution in [2.24, 2.45) is 0 Å². The number of benzene rings is 1. The number of aromatic nitrogens is 1. The Hall–Kier alpha value is -2.07. The summed E-state index contributed by atoms with van der Waals surface area (Å²) < 4.78 is 40.1. The molecule has 0 atom stereocenters. The topological polar surface area (TPSA) is 102 Å². The molecule has 0 unspecified atom stereocenters. The van der Waals surface area contributed by atoms with E-state index < -0.39 is 32.1 Å². The lowest BCUT2D eigenvalue weighted by Crippen LogP contribution is -2.14. The van der Waals surface area contributed by atoms with Gasteiger partial charge in [-0.25, -0.2) is 12.8 Å². The minimum atomic E-state index is -4.11. The first-order valence-electron chi connectivity index (χ1n) is 5.37. The molecule has 0 bridgehead atoms. The summed E-state index contributed by atoms with van der Waals surface area (Å²) in [5, 5.41) is 10.6. The molecule has 0 amide bonds. The predicted molar refractivity (Wildman–Crippen MR) is 75.8 cm³/mol. The summed E-state index contributed by atoms with van der Waals surface area (Å²) in [6.45, 7) is 0. The summed E-state index contributed by atoms with van der Waals surface area (Å²) in [4.78, 5) is 13.4. The molecule has 0 aliphatic carbocycles. The van der Waals surface area contributed by atoms with Gasteiger partial charge in [-0.3, -0.25) is 19.8 Å². The quantitative estimate of drug-likeness (QED) is 0.653. The maximum Gasteiger partial charge on any atom is 0.271 e. The molecular formula is C11H7BrFN3O4S. The summed E-state index contributed by atoms with van der Waals surface area (Å²) in [5.74, 6) is -0.924. The number of halogens is 2. The molecule has 0 aliphatic heterocycles. The van der Waals surface area contributed by atoms with Crippen molar-refractivity contribution in [1.29, 1.82) is 0 Å². The molecule has 0 saturated carbocycles. The first-order chi connectivity index (χ1) is 9.79. The van der Waals surface area contributed by atoms with Crippen molar-refractivity contribution in [2.45, 2.75) is 4.90 Å². The highest BCUT2D eigenvalue weighted by molar-refractivity contribution is 9.10. The highest BCUT2D eigenvalue weighted by Crippen LogP contribution is 2.24. The lowest BCUT2D eigenvalue weighted by molar-refractivity contribution is -0.384. The third-order valence-corrected chi connectivity index (χ3v) is 4.16. The summed E-state index contributed by atoms with van der Waals surface area (Å²) in [5.41, 5.74) is -0.939. The lowest BCUT2D eigenvalue weighted by atomic mass is 10.3. The minimum Gasteiger partial charge on any atom is -0.276 e. The van der Waals surface area contributed by atoms with Crippen molar-refractivity contribution in [3.63, 3.8) is 0 Å². The maximum atomic E-state index is 13.6. The highest BCUT2D eigenvalue weighted by Gasteiger charge is 2.19. The van der Waals surface area contributed by atoms with Crippen LogP contribution in [0, 0.1) is 15.9 Å². The number of nitrogens with one attached hydrogen (secondary N) is 1. The van der Waals surface area contributed by atoms with Gasteiger partial charge in [0.2, 0.25) is 0 Å². The van der Waals surface area contributed by atoms with E-state index >= 15 is 0 Å². The van der Waals surface area contributed by atoms with Gasteiger partial charge in [0.1, 0.15) is 10.7 Å². The molecule has 1 N–H and O–H groups in total. The standard InChI is InChI=1S/C11H7BrFN3O4S/c12-7-3-9(6-14-5-7)21(19,20)15-11-4-8(16(17)18)1-2-10(11)13/h1-6,15H. The normalized spacial score (nSPS) is 11.1. The second-order valence-electron chi connectivity index (χ2n) is 3.87. The van der Waals surface area contributed by atoms with E-state index in [0.717, 1.165) is 24.4 Å². The number of nitro groups is 1. The molecule has 2 aromatic rings. The van der Waals surface area contributed by atoms with Crippen molar-refractivity contribution < 1.29 is 17.7 Å². The number of nitro benzene ring substituents is 1. The van der Waals surface area contributed by atoms with E-state index in [2.05, 4.69) is 20.9 Å². The van der Waals surface area contributed by atoms with Gasteiger partial charge in [0, 0.05) is 29.0 Å². The second kappa shape index (κ2) is 5.74. The van der Waals surface area contributed by atoms with Crippen molar-refractivity contribution in [3.05, 3.63) is 57.1 Å². The fraction of sp³-hybridized carbons (Fsp3) is 0. The zero-order valence-electron chi connectivity index (χ0n) is 10.2. The Kier molecular flexibility index (Phi) is 4.19. The molecular weight excluding hydrogens is 369 g/mol. The minimum absolute atomic E-state index is 0.206. The van der Waals surface area contributed by atoms with E-state index in [1.54, 1.807) is 0 Å². The van der Waals surface area contributed by atoms with E-state index in [0.29, 0.717) is 4.47 Å². The first-order valence-corrected chi connectivity index (χ1v) is 7.64. The van der Waals surface area contributed by atoms with Gasteiger partial charge in [-0.15, -0.1) is 0 Å². The van der Waals surface area contributed by atoms with Gasteiger partial charge in [-0.2, -0.15) is 0 Å². The van der Waals surface area contributed by atoms with E-state index in [4.69, 9.17) is 0 Å². The van der Waals surface area contributed by atoms with Crippen LogP contribution in [0.3, 0.4) is 0 Å². The number of hydrogen-bond donors (Lipinski definition) is 1. The molecule has 0 radical (unpaired) electrons. The Labute approximate surface area is 127 Å². The van der Waals surface area contributed by atoms with Crippen LogP contribution in [0.2, 0.25) is 0 Å². The van der Waals surface area contributed by atoms with Crippen LogP contribution < -0.4 is 4.72 Å². The van der Waals surface area contributed by atoms with E-state index in [-0.39, 0.29) is 4.90 Å². The molecule has 0 saturated heterocycles. The predicted octanol–water partition coefficient (Wildman–Crippen LogP) is 2.69. The van der Waals surface area contributed by atoms with Gasteiger partial charge in [-0.1, -0.05) is 0 Å². The third kappa shape index (κ3) is 3.52. The molecule has 21 heavy (non-hydrogen) atoms. The van der Waals surface area contributed by atoms with Crippen molar-refractivity contribution >= 4 is 37.3 Å². The number of pyridine rings is 1. The summed E-state index contributed by atoms with van der Waals surface area (Å²) in [6, 6.07) is 3.83. The number of anilines is 1. The molecule has 110 valence electrons. The smallest absolute Gasteiger partial charge is 0.271 e. The van der Waals surface area contributed by atoms with Gasteiger partial charge in [0.25, 0.3) is 15.7 Å². The number of non-ortho nitro benzene ring substituents is 1.